The van der Waals surface area contributed by atoms with Gasteiger partial charge in [-0.3, -0.25) is 0 Å². The Morgan fingerprint density at radius 1 is 1.43 bits per heavy atom. The van der Waals surface area contributed by atoms with Crippen LogP contribution in [0.3, 0.4) is 0 Å². The number of rotatable bonds is 5. The highest BCUT2D eigenvalue weighted by molar-refractivity contribution is 4.86. The van der Waals surface area contributed by atoms with Gasteiger partial charge in [0.15, 0.2) is 0 Å². The van der Waals surface area contributed by atoms with Crippen LogP contribution < -0.4 is 5.32 Å². The molecule has 0 aromatic carbocycles. The van der Waals surface area contributed by atoms with E-state index in [1.165, 1.54) is 25.7 Å². The van der Waals surface area contributed by atoms with E-state index < -0.39 is 0 Å². The largest absolute Gasteiger partial charge is 0.379 e. The van der Waals surface area contributed by atoms with Gasteiger partial charge in [0.2, 0.25) is 0 Å². The van der Waals surface area contributed by atoms with Gasteiger partial charge < -0.3 is 10.1 Å². The van der Waals surface area contributed by atoms with Gasteiger partial charge in [-0.2, -0.15) is 0 Å². The first kappa shape index (κ1) is 12.0. The van der Waals surface area contributed by atoms with Crippen LogP contribution in [0.2, 0.25) is 0 Å². The maximum absolute atomic E-state index is 5.77. The minimum Gasteiger partial charge on any atom is -0.379 e. The third kappa shape index (κ3) is 3.97. The lowest BCUT2D eigenvalue weighted by molar-refractivity contribution is 0.0445. The van der Waals surface area contributed by atoms with Gasteiger partial charge in [0.05, 0.1) is 6.61 Å². The van der Waals surface area contributed by atoms with Crippen molar-refractivity contribution in [2.45, 2.75) is 52.0 Å². The van der Waals surface area contributed by atoms with Crippen molar-refractivity contribution < 1.29 is 4.74 Å². The Morgan fingerprint density at radius 2 is 2.21 bits per heavy atom. The lowest BCUT2D eigenvalue weighted by Crippen LogP contribution is -2.49. The van der Waals surface area contributed by atoms with Crippen molar-refractivity contribution in [3.8, 4) is 0 Å². The van der Waals surface area contributed by atoms with E-state index in [2.05, 4.69) is 26.1 Å². The van der Waals surface area contributed by atoms with E-state index in [0.29, 0.717) is 5.92 Å². The van der Waals surface area contributed by atoms with Gasteiger partial charge >= 0.3 is 0 Å². The molecule has 1 heterocycles. The van der Waals surface area contributed by atoms with E-state index in [9.17, 15) is 0 Å². The fourth-order valence-corrected chi connectivity index (χ4v) is 1.85. The monoisotopic (exact) mass is 199 g/mol. The van der Waals surface area contributed by atoms with Gasteiger partial charge in [0.1, 0.15) is 0 Å². The maximum atomic E-state index is 5.77. The Hall–Kier alpha value is -0.0800. The zero-order valence-electron chi connectivity index (χ0n) is 9.94. The number of ether oxygens (including phenoxy) is 1. The van der Waals surface area contributed by atoms with Gasteiger partial charge in [-0.15, -0.1) is 0 Å². The van der Waals surface area contributed by atoms with Crippen LogP contribution in [0.5, 0.6) is 0 Å². The zero-order chi connectivity index (χ0) is 10.4. The van der Waals surface area contributed by atoms with Crippen LogP contribution in [0, 0.1) is 5.92 Å². The summed E-state index contributed by atoms with van der Waals surface area (Å²) in [6.45, 7) is 9.68. The summed E-state index contributed by atoms with van der Waals surface area (Å²) in [6.07, 6.45) is 5.13. The Bertz CT molecular complexity index is 152. The molecule has 84 valence electrons. The van der Waals surface area contributed by atoms with Gasteiger partial charge in [0.25, 0.3) is 0 Å². The fraction of sp³-hybridized carbons (Fsp3) is 1.00. The third-order valence-electron chi connectivity index (χ3n) is 3.23. The second kappa shape index (κ2) is 5.72. The lowest BCUT2D eigenvalue weighted by Gasteiger charge is -2.35. The van der Waals surface area contributed by atoms with Crippen molar-refractivity contribution in [1.82, 2.24) is 5.32 Å². The predicted molar refractivity (Wildman–Crippen MR) is 60.5 cm³/mol. The van der Waals surface area contributed by atoms with E-state index >= 15 is 0 Å². The summed E-state index contributed by atoms with van der Waals surface area (Å²) in [5.74, 6) is 0.696. The second-order valence-corrected chi connectivity index (χ2v) is 4.97. The average Bonchev–Trinajstić information content (AvgIpc) is 2.18. The summed E-state index contributed by atoms with van der Waals surface area (Å²) < 4.78 is 5.77. The van der Waals surface area contributed by atoms with Crippen molar-refractivity contribution in [2.75, 3.05) is 19.8 Å². The first-order valence-electron chi connectivity index (χ1n) is 5.99. The Kier molecular flexibility index (Phi) is 4.90. The molecule has 0 aliphatic carbocycles. The minimum absolute atomic E-state index is 0.242. The SMILES string of the molecule is CCC(C)COCC1(C)CCCCN1. The molecule has 14 heavy (non-hydrogen) atoms. The topological polar surface area (TPSA) is 21.3 Å². The van der Waals surface area contributed by atoms with Crippen molar-refractivity contribution in [3.05, 3.63) is 0 Å². The first-order chi connectivity index (χ1) is 6.66. The molecule has 2 heteroatoms. The number of nitrogens with one attached hydrogen (secondary N) is 1. The van der Waals surface area contributed by atoms with Crippen LogP contribution in [0.25, 0.3) is 0 Å². The summed E-state index contributed by atoms with van der Waals surface area (Å²) in [4.78, 5) is 0. The molecule has 2 unspecified atom stereocenters. The van der Waals surface area contributed by atoms with Crippen LogP contribution in [-0.4, -0.2) is 25.3 Å². The van der Waals surface area contributed by atoms with E-state index in [0.717, 1.165) is 19.8 Å². The predicted octanol–water partition coefficient (Wildman–Crippen LogP) is 2.58. The van der Waals surface area contributed by atoms with E-state index in [-0.39, 0.29) is 5.54 Å². The summed E-state index contributed by atoms with van der Waals surface area (Å²) in [7, 11) is 0. The molecule has 1 aliphatic rings. The Morgan fingerprint density at radius 3 is 2.79 bits per heavy atom. The molecule has 1 saturated heterocycles. The fourth-order valence-electron chi connectivity index (χ4n) is 1.85. The third-order valence-corrected chi connectivity index (χ3v) is 3.23. The van der Waals surface area contributed by atoms with Crippen molar-refractivity contribution in [2.24, 2.45) is 5.92 Å². The molecular formula is C12H25NO. The van der Waals surface area contributed by atoms with Crippen molar-refractivity contribution in [3.63, 3.8) is 0 Å². The number of piperidine rings is 1. The summed E-state index contributed by atoms with van der Waals surface area (Å²) in [5.41, 5.74) is 0.242. The van der Waals surface area contributed by atoms with Crippen LogP contribution in [0.1, 0.15) is 46.5 Å². The van der Waals surface area contributed by atoms with Gasteiger partial charge in [-0.1, -0.05) is 26.7 Å². The van der Waals surface area contributed by atoms with Crippen LogP contribution in [-0.2, 0) is 4.74 Å². The molecular weight excluding hydrogens is 174 g/mol. The van der Waals surface area contributed by atoms with Crippen molar-refractivity contribution in [1.29, 1.82) is 0 Å². The molecule has 0 bridgehead atoms. The molecule has 2 nitrogen and oxygen atoms in total. The summed E-state index contributed by atoms with van der Waals surface area (Å²) in [6, 6.07) is 0. The summed E-state index contributed by atoms with van der Waals surface area (Å²) >= 11 is 0. The molecule has 0 amide bonds. The molecule has 0 radical (unpaired) electrons. The molecule has 0 aromatic rings. The normalized spacial score (nSPS) is 30.2. The molecule has 1 N–H and O–H groups in total. The van der Waals surface area contributed by atoms with Crippen LogP contribution in [0.4, 0.5) is 0 Å². The molecule has 1 fully saturated rings. The number of hydrogen-bond donors (Lipinski definition) is 1. The minimum atomic E-state index is 0.242. The highest BCUT2D eigenvalue weighted by Gasteiger charge is 2.26. The highest BCUT2D eigenvalue weighted by atomic mass is 16.5. The molecule has 2 atom stereocenters. The molecule has 0 saturated carbocycles. The first-order valence-corrected chi connectivity index (χ1v) is 5.99. The maximum Gasteiger partial charge on any atom is 0.0645 e. The van der Waals surface area contributed by atoms with Gasteiger partial charge in [-0.25, -0.2) is 0 Å². The average molecular weight is 199 g/mol. The Labute approximate surface area is 88.4 Å². The smallest absolute Gasteiger partial charge is 0.0645 e. The van der Waals surface area contributed by atoms with Gasteiger partial charge in [0, 0.05) is 12.1 Å². The molecule has 1 rings (SSSR count). The van der Waals surface area contributed by atoms with Crippen molar-refractivity contribution >= 4 is 0 Å². The zero-order valence-corrected chi connectivity index (χ0v) is 9.94. The van der Waals surface area contributed by atoms with Crippen LogP contribution >= 0.6 is 0 Å². The van der Waals surface area contributed by atoms with Crippen LogP contribution in [0.15, 0.2) is 0 Å². The standard InChI is InChI=1S/C12H25NO/c1-4-11(2)9-14-10-12(3)7-5-6-8-13-12/h11,13H,4-10H2,1-3H3. The van der Waals surface area contributed by atoms with E-state index in [1.807, 2.05) is 0 Å². The van der Waals surface area contributed by atoms with E-state index in [4.69, 9.17) is 4.74 Å². The number of hydrogen-bond acceptors (Lipinski definition) is 2. The quantitative estimate of drug-likeness (QED) is 0.735. The second-order valence-electron chi connectivity index (χ2n) is 4.97. The summed E-state index contributed by atoms with van der Waals surface area (Å²) in [5, 5.41) is 3.56. The van der Waals surface area contributed by atoms with Gasteiger partial charge in [-0.05, 0) is 32.2 Å². The molecule has 0 aromatic heterocycles. The highest BCUT2D eigenvalue weighted by Crippen LogP contribution is 2.19. The molecule has 0 spiro atoms. The lowest BCUT2D eigenvalue weighted by atomic mass is 9.92. The Balaban J connectivity index is 2.15. The molecule has 1 aliphatic heterocycles. The van der Waals surface area contributed by atoms with E-state index in [1.54, 1.807) is 0 Å².